The molecule has 0 bridgehead atoms. The van der Waals surface area contributed by atoms with Crippen LogP contribution in [-0.4, -0.2) is 46.9 Å². The van der Waals surface area contributed by atoms with Crippen LogP contribution in [0, 0.1) is 13.8 Å². The zero-order valence-corrected chi connectivity index (χ0v) is 15.5. The molecular weight excluding hydrogens is 322 g/mol. The number of nitrogens with zero attached hydrogens (tertiary/aromatic N) is 3. The van der Waals surface area contributed by atoms with Gasteiger partial charge in [-0.1, -0.05) is 6.92 Å². The maximum atomic E-state index is 12.8. The fourth-order valence-electron chi connectivity index (χ4n) is 3.07. The summed E-state index contributed by atoms with van der Waals surface area (Å²) in [5, 5.41) is 1.04. The van der Waals surface area contributed by atoms with Crippen LogP contribution in [0.5, 0.6) is 0 Å². The van der Waals surface area contributed by atoms with E-state index in [-0.39, 0.29) is 5.91 Å². The van der Waals surface area contributed by atoms with Crippen LogP contribution in [-0.2, 0) is 13.0 Å². The fourth-order valence-corrected chi connectivity index (χ4v) is 4.04. The van der Waals surface area contributed by atoms with Gasteiger partial charge in [-0.05, 0) is 38.8 Å². The van der Waals surface area contributed by atoms with E-state index in [9.17, 15) is 4.79 Å². The van der Waals surface area contributed by atoms with Crippen molar-refractivity contribution in [3.8, 4) is 0 Å². The van der Waals surface area contributed by atoms with Crippen molar-refractivity contribution in [1.29, 1.82) is 0 Å². The molecule has 1 aliphatic rings. The molecule has 6 heteroatoms. The van der Waals surface area contributed by atoms with Crippen molar-refractivity contribution in [2.24, 2.45) is 0 Å². The Morgan fingerprint density at radius 3 is 2.75 bits per heavy atom. The van der Waals surface area contributed by atoms with E-state index in [0.29, 0.717) is 0 Å². The molecule has 1 aliphatic heterocycles. The lowest BCUT2D eigenvalue weighted by Gasteiger charge is -2.21. The number of hydrogen-bond donors (Lipinski definition) is 0. The Morgan fingerprint density at radius 2 is 2.08 bits per heavy atom. The van der Waals surface area contributed by atoms with Crippen LogP contribution < -0.4 is 0 Å². The lowest BCUT2D eigenvalue weighted by atomic mass is 10.3. The quantitative estimate of drug-likeness (QED) is 0.852. The first-order valence-electron chi connectivity index (χ1n) is 8.60. The number of hydrogen-bond acceptors (Lipinski definition) is 5. The zero-order valence-electron chi connectivity index (χ0n) is 14.7. The Labute approximate surface area is 147 Å². The Hall–Kier alpha value is -1.66. The summed E-state index contributed by atoms with van der Waals surface area (Å²) in [6.07, 6.45) is 1.87. The molecule has 3 rings (SSSR count). The average molecular weight is 347 g/mol. The Bertz CT molecular complexity index is 707. The van der Waals surface area contributed by atoms with Gasteiger partial charge in [-0.2, -0.15) is 0 Å². The van der Waals surface area contributed by atoms with Crippen LogP contribution in [0.2, 0.25) is 0 Å². The van der Waals surface area contributed by atoms with Gasteiger partial charge in [-0.25, -0.2) is 4.98 Å². The van der Waals surface area contributed by atoms with E-state index < -0.39 is 0 Å². The summed E-state index contributed by atoms with van der Waals surface area (Å²) in [5.41, 5.74) is 0.869. The SMILES string of the molecule is CCc1nc(C)c(C(=O)N2CCCN(Cc3ccc(C)o3)CC2)s1. The predicted molar refractivity (Wildman–Crippen MR) is 95.5 cm³/mol. The van der Waals surface area contributed by atoms with Gasteiger partial charge in [0.15, 0.2) is 0 Å². The molecule has 0 saturated carbocycles. The molecule has 0 radical (unpaired) electrons. The molecule has 130 valence electrons. The lowest BCUT2D eigenvalue weighted by molar-refractivity contribution is 0.0764. The van der Waals surface area contributed by atoms with E-state index in [4.69, 9.17) is 4.42 Å². The van der Waals surface area contributed by atoms with Gasteiger partial charge in [0.1, 0.15) is 16.4 Å². The molecule has 0 atom stereocenters. The number of aryl methyl sites for hydroxylation is 3. The van der Waals surface area contributed by atoms with E-state index in [1.54, 1.807) is 11.3 Å². The molecule has 2 aromatic rings. The number of furan rings is 1. The maximum absolute atomic E-state index is 12.8. The molecule has 2 aromatic heterocycles. The lowest BCUT2D eigenvalue weighted by Crippen LogP contribution is -2.35. The van der Waals surface area contributed by atoms with E-state index >= 15 is 0 Å². The number of amides is 1. The molecule has 0 spiro atoms. The smallest absolute Gasteiger partial charge is 0.265 e. The van der Waals surface area contributed by atoms with Crippen LogP contribution >= 0.6 is 11.3 Å². The number of carbonyl (C=O) groups is 1. The van der Waals surface area contributed by atoms with E-state index in [2.05, 4.69) is 16.8 Å². The van der Waals surface area contributed by atoms with Gasteiger partial charge in [-0.15, -0.1) is 11.3 Å². The summed E-state index contributed by atoms with van der Waals surface area (Å²) in [6, 6.07) is 4.04. The Morgan fingerprint density at radius 1 is 1.25 bits per heavy atom. The third kappa shape index (κ3) is 3.87. The molecule has 24 heavy (non-hydrogen) atoms. The summed E-state index contributed by atoms with van der Waals surface area (Å²) in [6.45, 7) is 10.2. The molecule has 1 saturated heterocycles. The summed E-state index contributed by atoms with van der Waals surface area (Å²) in [4.78, 5) is 22.5. The third-order valence-corrected chi connectivity index (χ3v) is 5.68. The number of aromatic nitrogens is 1. The Balaban J connectivity index is 1.62. The van der Waals surface area contributed by atoms with E-state index in [0.717, 1.165) is 72.7 Å². The zero-order chi connectivity index (χ0) is 17.1. The summed E-state index contributed by atoms with van der Waals surface area (Å²) < 4.78 is 5.67. The second-order valence-electron chi connectivity index (χ2n) is 6.31. The monoisotopic (exact) mass is 347 g/mol. The minimum Gasteiger partial charge on any atom is -0.465 e. The molecule has 3 heterocycles. The third-order valence-electron chi connectivity index (χ3n) is 4.39. The van der Waals surface area contributed by atoms with Crippen molar-refractivity contribution in [2.75, 3.05) is 26.2 Å². The molecule has 0 aliphatic carbocycles. The number of carbonyl (C=O) groups excluding carboxylic acids is 1. The van der Waals surface area contributed by atoms with Crippen molar-refractivity contribution in [1.82, 2.24) is 14.8 Å². The van der Waals surface area contributed by atoms with Crippen molar-refractivity contribution < 1.29 is 9.21 Å². The maximum Gasteiger partial charge on any atom is 0.265 e. The summed E-state index contributed by atoms with van der Waals surface area (Å²) in [7, 11) is 0. The number of rotatable bonds is 4. The number of thiazole rings is 1. The van der Waals surface area contributed by atoms with Gasteiger partial charge in [0.05, 0.1) is 17.2 Å². The molecule has 0 aromatic carbocycles. The van der Waals surface area contributed by atoms with Crippen LogP contribution in [0.3, 0.4) is 0 Å². The normalized spacial score (nSPS) is 16.4. The highest BCUT2D eigenvalue weighted by molar-refractivity contribution is 7.13. The van der Waals surface area contributed by atoms with Crippen molar-refractivity contribution in [2.45, 2.75) is 40.2 Å². The molecular formula is C18H25N3O2S. The van der Waals surface area contributed by atoms with Gasteiger partial charge in [0, 0.05) is 26.2 Å². The molecule has 1 amide bonds. The van der Waals surface area contributed by atoms with Crippen molar-refractivity contribution in [3.63, 3.8) is 0 Å². The Kier molecular flexibility index (Phi) is 5.36. The molecule has 0 N–H and O–H groups in total. The van der Waals surface area contributed by atoms with Gasteiger partial charge >= 0.3 is 0 Å². The van der Waals surface area contributed by atoms with Crippen LogP contribution in [0.1, 0.15) is 45.2 Å². The largest absolute Gasteiger partial charge is 0.465 e. The predicted octanol–water partition coefficient (Wildman–Crippen LogP) is 3.26. The first kappa shape index (κ1) is 17.2. The molecule has 5 nitrogen and oxygen atoms in total. The fraction of sp³-hybridized carbons (Fsp3) is 0.556. The highest BCUT2D eigenvalue weighted by atomic mass is 32.1. The molecule has 1 fully saturated rings. The minimum atomic E-state index is 0.139. The minimum absolute atomic E-state index is 0.139. The van der Waals surface area contributed by atoms with Crippen molar-refractivity contribution >= 4 is 17.2 Å². The second kappa shape index (κ2) is 7.49. The van der Waals surface area contributed by atoms with Gasteiger partial charge in [0.2, 0.25) is 0 Å². The average Bonchev–Trinajstić information content (AvgIpc) is 3.06. The second-order valence-corrected chi connectivity index (χ2v) is 7.39. The van der Waals surface area contributed by atoms with Crippen LogP contribution in [0.4, 0.5) is 0 Å². The standard InChI is InChI=1S/C18H25N3O2S/c1-4-16-19-14(3)17(24-16)18(22)21-9-5-8-20(10-11-21)12-15-7-6-13(2)23-15/h6-7H,4-5,8-12H2,1-3H3. The topological polar surface area (TPSA) is 49.6 Å². The first-order chi connectivity index (χ1) is 11.6. The first-order valence-corrected chi connectivity index (χ1v) is 9.41. The van der Waals surface area contributed by atoms with Crippen molar-refractivity contribution in [3.05, 3.63) is 39.2 Å². The highest BCUT2D eigenvalue weighted by Gasteiger charge is 2.24. The van der Waals surface area contributed by atoms with Crippen LogP contribution in [0.25, 0.3) is 0 Å². The van der Waals surface area contributed by atoms with Crippen LogP contribution in [0.15, 0.2) is 16.5 Å². The van der Waals surface area contributed by atoms with E-state index in [1.165, 1.54) is 0 Å². The van der Waals surface area contributed by atoms with E-state index in [1.807, 2.05) is 30.9 Å². The summed E-state index contributed by atoms with van der Waals surface area (Å²) >= 11 is 1.54. The molecule has 0 unspecified atom stereocenters. The summed E-state index contributed by atoms with van der Waals surface area (Å²) in [5.74, 6) is 2.09. The van der Waals surface area contributed by atoms with Gasteiger partial charge < -0.3 is 9.32 Å². The van der Waals surface area contributed by atoms with Gasteiger partial charge in [0.25, 0.3) is 5.91 Å². The van der Waals surface area contributed by atoms with Gasteiger partial charge in [-0.3, -0.25) is 9.69 Å². The highest BCUT2D eigenvalue weighted by Crippen LogP contribution is 2.21.